The minimum atomic E-state index is -1.18. The number of nitrogens with two attached hydrogens (primary N) is 2. The molecule has 14 nitrogen and oxygen atoms in total. The molecule has 0 bridgehead atoms. The summed E-state index contributed by atoms with van der Waals surface area (Å²) >= 11 is 0. The first-order valence-electron chi connectivity index (χ1n) is 14.4. The van der Waals surface area contributed by atoms with Crippen LogP contribution in [-0.4, -0.2) is 67.0 Å². The number of carboxylic acid groups (broad SMARTS) is 1. The molecule has 234 valence electrons. The number of carboxylic acids is 1. The second-order valence-electron chi connectivity index (χ2n) is 10.5. The number of hydrogen-bond acceptors (Lipinski definition) is 9. The van der Waals surface area contributed by atoms with Crippen molar-refractivity contribution in [1.29, 1.82) is 0 Å². The predicted octanol–water partition coefficient (Wildman–Crippen LogP) is 1.38. The van der Waals surface area contributed by atoms with Crippen LogP contribution in [-0.2, 0) is 27.2 Å². The number of carbonyl (C=O) groups excluding carboxylic acids is 3. The zero-order chi connectivity index (χ0) is 32.2. The number of hydrogen-bond donors (Lipinski definition) is 5. The highest BCUT2D eigenvalue weighted by Gasteiger charge is 2.25. The van der Waals surface area contributed by atoms with Crippen LogP contribution in [0.3, 0.4) is 0 Å². The van der Waals surface area contributed by atoms with E-state index in [2.05, 4.69) is 30.2 Å². The Kier molecular flexibility index (Phi) is 12.2. The summed E-state index contributed by atoms with van der Waals surface area (Å²) in [6.07, 6.45) is 3.24. The van der Waals surface area contributed by atoms with Gasteiger partial charge in [-0.2, -0.15) is 0 Å². The van der Waals surface area contributed by atoms with Crippen molar-refractivity contribution in [3.8, 4) is 0 Å². The normalized spacial score (nSPS) is 12.3. The van der Waals surface area contributed by atoms with Gasteiger partial charge in [-0.05, 0) is 44.6 Å². The van der Waals surface area contributed by atoms with Crippen molar-refractivity contribution in [3.63, 3.8) is 0 Å². The van der Waals surface area contributed by atoms with Crippen LogP contribution in [0.5, 0.6) is 0 Å². The number of ketones is 2. The summed E-state index contributed by atoms with van der Waals surface area (Å²) in [7, 11) is 0. The number of Topliss-reactive ketones (excluding diaryl/α,β-unsaturated/α-hetero) is 2. The Balaban J connectivity index is 1.52. The molecule has 0 spiro atoms. The van der Waals surface area contributed by atoms with Crippen molar-refractivity contribution in [1.82, 2.24) is 25.3 Å². The van der Waals surface area contributed by atoms with Gasteiger partial charge in [-0.1, -0.05) is 31.2 Å². The van der Waals surface area contributed by atoms with Crippen molar-refractivity contribution in [2.45, 2.75) is 71.3 Å². The molecule has 0 unspecified atom stereocenters. The van der Waals surface area contributed by atoms with Gasteiger partial charge in [0.1, 0.15) is 5.82 Å². The van der Waals surface area contributed by atoms with E-state index in [1.807, 2.05) is 0 Å². The monoisotopic (exact) mass is 606 g/mol. The highest BCUT2D eigenvalue weighted by Crippen LogP contribution is 2.18. The van der Waals surface area contributed by atoms with Crippen LogP contribution < -0.4 is 22.3 Å². The fourth-order valence-electron chi connectivity index (χ4n) is 4.60. The lowest BCUT2D eigenvalue weighted by molar-refractivity contribution is -0.142. The number of amides is 1. The number of rotatable bonds is 17. The molecule has 2 aromatic heterocycles. The van der Waals surface area contributed by atoms with E-state index in [0.717, 1.165) is 5.56 Å². The van der Waals surface area contributed by atoms with Gasteiger partial charge in [-0.15, -0.1) is 0 Å². The largest absolute Gasteiger partial charge is 0.481 e. The number of nitrogens with zero attached hydrogens (tertiary/aromatic N) is 4. The SMILES string of the molecule is CCC(=O)[C@H](CCCN=C(N)N)NC(=O)CC[C@H](CC(=O)c1ccc(CCc2cnc3nc(C)[nH]c(=O)c3n2)cc1)C(=O)O. The lowest BCUT2D eigenvalue weighted by Gasteiger charge is -2.18. The quantitative estimate of drug-likeness (QED) is 0.0636. The van der Waals surface area contributed by atoms with E-state index in [-0.39, 0.29) is 59.9 Å². The number of guanidine groups is 1. The Morgan fingerprint density at radius 3 is 2.45 bits per heavy atom. The predicted molar refractivity (Wildman–Crippen MR) is 163 cm³/mol. The van der Waals surface area contributed by atoms with Gasteiger partial charge < -0.3 is 26.9 Å². The molecule has 0 aliphatic heterocycles. The summed E-state index contributed by atoms with van der Waals surface area (Å²) in [6, 6.07) is 6.11. The van der Waals surface area contributed by atoms with Crippen LogP contribution >= 0.6 is 0 Å². The third-order valence-corrected chi connectivity index (χ3v) is 7.05. The number of nitrogens with one attached hydrogen (secondary N) is 2. The van der Waals surface area contributed by atoms with Gasteiger partial charge in [0, 0.05) is 31.4 Å². The van der Waals surface area contributed by atoms with E-state index in [9.17, 15) is 29.1 Å². The zero-order valence-electron chi connectivity index (χ0n) is 24.8. The maximum absolute atomic E-state index is 12.9. The van der Waals surface area contributed by atoms with Gasteiger partial charge >= 0.3 is 5.97 Å². The molecule has 3 aromatic rings. The maximum atomic E-state index is 12.9. The van der Waals surface area contributed by atoms with Crippen molar-refractivity contribution in [2.75, 3.05) is 6.54 Å². The molecule has 2 atom stereocenters. The van der Waals surface area contributed by atoms with Crippen LogP contribution in [0.2, 0.25) is 0 Å². The van der Waals surface area contributed by atoms with E-state index in [4.69, 9.17) is 11.5 Å². The van der Waals surface area contributed by atoms with Crippen molar-refractivity contribution >= 4 is 40.6 Å². The van der Waals surface area contributed by atoms with Gasteiger partial charge in [-0.3, -0.25) is 29.0 Å². The van der Waals surface area contributed by atoms with Crippen LogP contribution in [0.1, 0.15) is 72.9 Å². The average Bonchev–Trinajstić information content (AvgIpc) is 2.99. The van der Waals surface area contributed by atoms with Gasteiger partial charge in [-0.25, -0.2) is 15.0 Å². The number of aromatic amines is 1. The van der Waals surface area contributed by atoms with E-state index in [0.29, 0.717) is 49.3 Å². The minimum absolute atomic E-state index is 0.0576. The molecule has 3 rings (SSSR count). The van der Waals surface area contributed by atoms with E-state index in [1.54, 1.807) is 44.3 Å². The smallest absolute Gasteiger partial charge is 0.306 e. The summed E-state index contributed by atoms with van der Waals surface area (Å²) in [5.74, 6) is -2.81. The minimum Gasteiger partial charge on any atom is -0.481 e. The topological polar surface area (TPSA) is 236 Å². The van der Waals surface area contributed by atoms with Crippen molar-refractivity contribution in [3.05, 3.63) is 63.5 Å². The highest BCUT2D eigenvalue weighted by atomic mass is 16.4. The number of aliphatic imine (C=N–C) groups is 1. The Morgan fingerprint density at radius 2 is 1.80 bits per heavy atom. The summed E-state index contributed by atoms with van der Waals surface area (Å²) in [5.41, 5.74) is 12.6. The third-order valence-electron chi connectivity index (χ3n) is 7.05. The van der Waals surface area contributed by atoms with Gasteiger partial charge in [0.15, 0.2) is 28.7 Å². The summed E-state index contributed by atoms with van der Waals surface area (Å²) in [5, 5.41) is 12.4. The van der Waals surface area contributed by atoms with Crippen molar-refractivity contribution in [2.24, 2.45) is 22.4 Å². The Bertz CT molecular complexity index is 1580. The molecule has 2 heterocycles. The zero-order valence-corrected chi connectivity index (χ0v) is 24.8. The highest BCUT2D eigenvalue weighted by molar-refractivity contribution is 5.98. The summed E-state index contributed by atoms with van der Waals surface area (Å²) < 4.78 is 0. The van der Waals surface area contributed by atoms with E-state index >= 15 is 0 Å². The summed E-state index contributed by atoms with van der Waals surface area (Å²) in [4.78, 5) is 81.0. The first kappa shape index (κ1) is 33.5. The second kappa shape index (κ2) is 16.0. The Morgan fingerprint density at radius 1 is 1.07 bits per heavy atom. The standard InChI is InChI=1S/C30H38N8O6/c1-3-23(39)22(5-4-14-33-30(31)32)38-25(41)13-11-20(29(43)44)15-24(40)19-9-6-18(7-10-19)8-12-21-16-34-27-26(37-21)28(42)36-17(2)35-27/h6-7,9-10,16,20,22H,3-5,8,11-15H2,1-2H3,(H,38,41)(H,43,44)(H4,31,32,33)(H,34,35,36,42)/t20-,22+/m1/s1. The van der Waals surface area contributed by atoms with Gasteiger partial charge in [0.2, 0.25) is 5.91 Å². The van der Waals surface area contributed by atoms with Crippen LogP contribution in [0.15, 0.2) is 40.2 Å². The molecule has 0 fully saturated rings. The first-order chi connectivity index (χ1) is 21.0. The molecular formula is C30H38N8O6. The maximum Gasteiger partial charge on any atom is 0.306 e. The number of aliphatic carboxylic acids is 1. The number of benzene rings is 1. The number of aromatic nitrogens is 4. The van der Waals surface area contributed by atoms with Gasteiger partial charge in [0.05, 0.1) is 23.9 Å². The fraction of sp³-hybridized carbons (Fsp3) is 0.433. The lowest BCUT2D eigenvalue weighted by Crippen LogP contribution is -2.41. The van der Waals surface area contributed by atoms with Gasteiger partial charge in [0.25, 0.3) is 5.56 Å². The molecule has 0 aliphatic rings. The van der Waals surface area contributed by atoms with Crippen LogP contribution in [0.4, 0.5) is 0 Å². The Labute approximate surface area is 253 Å². The first-order valence-corrected chi connectivity index (χ1v) is 14.4. The third kappa shape index (κ3) is 10.1. The van der Waals surface area contributed by atoms with Crippen molar-refractivity contribution < 1.29 is 24.3 Å². The van der Waals surface area contributed by atoms with E-state index < -0.39 is 23.8 Å². The molecular weight excluding hydrogens is 568 g/mol. The molecule has 1 aromatic carbocycles. The molecule has 0 saturated carbocycles. The van der Waals surface area contributed by atoms with Crippen LogP contribution in [0.25, 0.3) is 11.2 Å². The van der Waals surface area contributed by atoms with Crippen LogP contribution in [0, 0.1) is 12.8 Å². The molecule has 1 amide bonds. The lowest BCUT2D eigenvalue weighted by atomic mass is 9.93. The molecule has 7 N–H and O–H groups in total. The molecule has 0 radical (unpaired) electrons. The Hall–Kier alpha value is -5.01. The molecule has 0 aliphatic carbocycles. The number of H-pyrrole nitrogens is 1. The summed E-state index contributed by atoms with van der Waals surface area (Å²) in [6.45, 7) is 3.67. The second-order valence-corrected chi connectivity index (χ2v) is 10.5. The van der Waals surface area contributed by atoms with E-state index in [1.165, 1.54) is 0 Å². The molecule has 14 heteroatoms. The average molecular weight is 607 g/mol. The fourth-order valence-corrected chi connectivity index (χ4v) is 4.60. The number of carbonyl (C=O) groups is 4. The number of aryl methyl sites for hydroxylation is 3. The molecule has 44 heavy (non-hydrogen) atoms. The number of fused-ring (bicyclic) bond motifs is 1. The molecule has 0 saturated heterocycles.